The lowest BCUT2D eigenvalue weighted by atomic mass is 9.68. The number of anilines is 1. The maximum absolute atomic E-state index is 14.5. The van der Waals surface area contributed by atoms with Crippen LogP contribution in [0.5, 0.6) is 0 Å². The van der Waals surface area contributed by atoms with Crippen molar-refractivity contribution in [2.45, 2.75) is 51.5 Å². The predicted molar refractivity (Wildman–Crippen MR) is 89.0 cm³/mol. The number of benzene rings is 1. The fraction of sp³-hybridized carbons (Fsp3) is 0.647. The molecule has 0 amide bonds. The van der Waals surface area contributed by atoms with Gasteiger partial charge in [-0.2, -0.15) is 0 Å². The summed E-state index contributed by atoms with van der Waals surface area (Å²) in [5.41, 5.74) is 7.74. The van der Waals surface area contributed by atoms with Crippen LogP contribution >= 0.6 is 15.9 Å². The standard InChI is InChI=1S/C17H24BrFN2/c18-15-13(12-20)4-5-14(16(15)19)21-10-8-17(9-11-21)6-2-1-3-7-17/h4-5H,1-3,6-12,20H2. The first-order chi connectivity index (χ1) is 10.2. The molecular formula is C17H24BrFN2. The Morgan fingerprint density at radius 2 is 1.76 bits per heavy atom. The van der Waals surface area contributed by atoms with Crippen molar-refractivity contribution >= 4 is 21.6 Å². The topological polar surface area (TPSA) is 29.3 Å². The summed E-state index contributed by atoms with van der Waals surface area (Å²) in [5, 5.41) is 0. The summed E-state index contributed by atoms with van der Waals surface area (Å²) < 4.78 is 15.1. The van der Waals surface area contributed by atoms with Gasteiger partial charge in [0.15, 0.2) is 5.82 Å². The van der Waals surface area contributed by atoms with Gasteiger partial charge in [0.25, 0.3) is 0 Å². The number of halogens is 2. The third-order valence-corrected chi connectivity index (χ3v) is 6.30. The summed E-state index contributed by atoms with van der Waals surface area (Å²) in [5.74, 6) is -0.155. The van der Waals surface area contributed by atoms with Gasteiger partial charge in [-0.05, 0) is 58.7 Å². The van der Waals surface area contributed by atoms with Crippen LogP contribution in [0.25, 0.3) is 0 Å². The van der Waals surface area contributed by atoms with Gasteiger partial charge < -0.3 is 10.6 Å². The molecular weight excluding hydrogens is 331 g/mol. The zero-order valence-electron chi connectivity index (χ0n) is 12.5. The Morgan fingerprint density at radius 1 is 1.10 bits per heavy atom. The van der Waals surface area contributed by atoms with E-state index in [9.17, 15) is 4.39 Å². The number of rotatable bonds is 2. The van der Waals surface area contributed by atoms with Gasteiger partial charge in [0.2, 0.25) is 0 Å². The van der Waals surface area contributed by atoms with Crippen LogP contribution in [0.1, 0.15) is 50.5 Å². The van der Waals surface area contributed by atoms with Gasteiger partial charge >= 0.3 is 0 Å². The van der Waals surface area contributed by atoms with E-state index in [0.717, 1.165) is 24.3 Å². The van der Waals surface area contributed by atoms with Crippen molar-refractivity contribution in [2.75, 3.05) is 18.0 Å². The van der Waals surface area contributed by atoms with Crippen molar-refractivity contribution in [3.05, 3.63) is 28.0 Å². The van der Waals surface area contributed by atoms with Crippen molar-refractivity contribution in [2.24, 2.45) is 11.1 Å². The van der Waals surface area contributed by atoms with E-state index in [0.29, 0.717) is 16.4 Å². The van der Waals surface area contributed by atoms with Gasteiger partial charge in [-0.1, -0.05) is 25.3 Å². The van der Waals surface area contributed by atoms with E-state index >= 15 is 0 Å². The highest BCUT2D eigenvalue weighted by Gasteiger charge is 2.36. The average molecular weight is 355 g/mol. The molecule has 3 rings (SSSR count). The van der Waals surface area contributed by atoms with Crippen LogP contribution in [0.15, 0.2) is 16.6 Å². The Morgan fingerprint density at radius 3 is 2.38 bits per heavy atom. The molecule has 0 unspecified atom stereocenters. The molecule has 1 aliphatic carbocycles. The molecule has 2 aliphatic rings. The molecule has 1 saturated carbocycles. The van der Waals surface area contributed by atoms with Gasteiger partial charge in [-0.15, -0.1) is 0 Å². The maximum atomic E-state index is 14.5. The highest BCUT2D eigenvalue weighted by Crippen LogP contribution is 2.45. The predicted octanol–water partition coefficient (Wildman–Crippen LogP) is 4.60. The Hall–Kier alpha value is -0.610. The summed E-state index contributed by atoms with van der Waals surface area (Å²) in [6, 6.07) is 3.83. The Bertz CT molecular complexity index is 502. The van der Waals surface area contributed by atoms with Gasteiger partial charge in [0, 0.05) is 19.6 Å². The quantitative estimate of drug-likeness (QED) is 0.840. The highest BCUT2D eigenvalue weighted by atomic mass is 79.9. The first kappa shape index (κ1) is 15.3. The molecule has 21 heavy (non-hydrogen) atoms. The van der Waals surface area contributed by atoms with Gasteiger partial charge in [0.05, 0.1) is 10.2 Å². The second-order valence-corrected chi connectivity index (χ2v) is 7.42. The second-order valence-electron chi connectivity index (χ2n) is 6.62. The third-order valence-electron chi connectivity index (χ3n) is 5.44. The molecule has 0 atom stereocenters. The summed E-state index contributed by atoms with van der Waals surface area (Å²) in [6.45, 7) is 2.32. The van der Waals surface area contributed by atoms with E-state index in [1.807, 2.05) is 12.1 Å². The van der Waals surface area contributed by atoms with E-state index in [2.05, 4.69) is 20.8 Å². The zero-order valence-corrected chi connectivity index (χ0v) is 14.1. The Kier molecular flexibility index (Phi) is 4.55. The fourth-order valence-corrected chi connectivity index (χ4v) is 4.50. The summed E-state index contributed by atoms with van der Waals surface area (Å²) in [4.78, 5) is 2.21. The van der Waals surface area contributed by atoms with Crippen molar-refractivity contribution in [1.82, 2.24) is 0 Å². The first-order valence-corrected chi connectivity index (χ1v) is 8.86. The van der Waals surface area contributed by atoms with E-state index in [-0.39, 0.29) is 5.82 Å². The smallest absolute Gasteiger partial charge is 0.160 e. The molecule has 2 nitrogen and oxygen atoms in total. The molecule has 4 heteroatoms. The lowest BCUT2D eigenvalue weighted by Gasteiger charge is -2.45. The van der Waals surface area contributed by atoms with Crippen LogP contribution in [0.2, 0.25) is 0 Å². The Labute approximate surface area is 135 Å². The number of hydrogen-bond acceptors (Lipinski definition) is 2. The van der Waals surface area contributed by atoms with E-state index in [4.69, 9.17) is 5.73 Å². The molecule has 1 spiro atoms. The normalized spacial score (nSPS) is 21.8. The van der Waals surface area contributed by atoms with Crippen LogP contribution in [0.3, 0.4) is 0 Å². The van der Waals surface area contributed by atoms with Crippen molar-refractivity contribution < 1.29 is 4.39 Å². The maximum Gasteiger partial charge on any atom is 0.160 e. The minimum absolute atomic E-state index is 0.155. The monoisotopic (exact) mass is 354 g/mol. The summed E-state index contributed by atoms with van der Waals surface area (Å²) in [6.07, 6.45) is 9.33. The van der Waals surface area contributed by atoms with Crippen LogP contribution in [-0.2, 0) is 6.54 Å². The molecule has 2 N–H and O–H groups in total. The van der Waals surface area contributed by atoms with Crippen LogP contribution in [0.4, 0.5) is 10.1 Å². The molecule has 0 bridgehead atoms. The van der Waals surface area contributed by atoms with Crippen LogP contribution in [0, 0.1) is 11.2 Å². The molecule has 116 valence electrons. The van der Waals surface area contributed by atoms with Gasteiger partial charge in [-0.25, -0.2) is 4.39 Å². The molecule has 1 heterocycles. The number of hydrogen-bond donors (Lipinski definition) is 1. The van der Waals surface area contributed by atoms with Crippen LogP contribution < -0.4 is 10.6 Å². The fourth-order valence-electron chi connectivity index (χ4n) is 4.00. The van der Waals surface area contributed by atoms with Crippen molar-refractivity contribution in [1.29, 1.82) is 0 Å². The summed E-state index contributed by atoms with van der Waals surface area (Å²) >= 11 is 3.35. The van der Waals surface area contributed by atoms with Gasteiger partial charge in [0.1, 0.15) is 0 Å². The van der Waals surface area contributed by atoms with E-state index < -0.39 is 0 Å². The second kappa shape index (κ2) is 6.25. The summed E-state index contributed by atoms with van der Waals surface area (Å²) in [7, 11) is 0. The molecule has 1 aromatic rings. The first-order valence-electron chi connectivity index (χ1n) is 8.07. The molecule has 0 radical (unpaired) electrons. The molecule has 1 saturated heterocycles. The van der Waals surface area contributed by atoms with Crippen molar-refractivity contribution in [3.8, 4) is 0 Å². The van der Waals surface area contributed by atoms with E-state index in [1.165, 1.54) is 44.9 Å². The molecule has 0 aromatic heterocycles. The Balaban J connectivity index is 1.73. The zero-order chi connectivity index (χ0) is 14.9. The number of piperidine rings is 1. The largest absolute Gasteiger partial charge is 0.369 e. The average Bonchev–Trinajstić information content (AvgIpc) is 2.52. The number of nitrogens with zero attached hydrogens (tertiary/aromatic N) is 1. The highest BCUT2D eigenvalue weighted by molar-refractivity contribution is 9.10. The van der Waals surface area contributed by atoms with Crippen LogP contribution in [-0.4, -0.2) is 13.1 Å². The third kappa shape index (κ3) is 2.98. The lowest BCUT2D eigenvalue weighted by molar-refractivity contribution is 0.144. The minimum Gasteiger partial charge on any atom is -0.369 e. The van der Waals surface area contributed by atoms with Crippen molar-refractivity contribution in [3.63, 3.8) is 0 Å². The van der Waals surface area contributed by atoms with Gasteiger partial charge in [-0.3, -0.25) is 0 Å². The number of nitrogens with two attached hydrogens (primary N) is 1. The van der Waals surface area contributed by atoms with E-state index in [1.54, 1.807) is 0 Å². The SMILES string of the molecule is NCc1ccc(N2CCC3(CCCCC3)CC2)c(F)c1Br. The molecule has 1 aliphatic heterocycles. The minimum atomic E-state index is -0.155. The molecule has 2 fully saturated rings. The molecule has 1 aromatic carbocycles. The lowest BCUT2D eigenvalue weighted by Crippen LogP contribution is -2.41.